The van der Waals surface area contributed by atoms with E-state index < -0.39 is 7.60 Å². The Bertz CT molecular complexity index is 120. The van der Waals surface area contributed by atoms with Crippen molar-refractivity contribution in [2.45, 2.75) is 19.8 Å². The normalized spacial score (nSPS) is 16.7. The summed E-state index contributed by atoms with van der Waals surface area (Å²) < 4.78 is 20.0. The Kier molecular flexibility index (Phi) is 4.91. The van der Waals surface area contributed by atoms with Crippen molar-refractivity contribution in [1.29, 1.82) is 0 Å². The summed E-state index contributed by atoms with van der Waals surface area (Å²) in [7, 11) is -1.58. The van der Waals surface area contributed by atoms with Crippen LogP contribution in [0.4, 0.5) is 0 Å². The van der Waals surface area contributed by atoms with Crippen LogP contribution in [0.2, 0.25) is 0 Å². The average Bonchev–Trinajstić information content (AvgIpc) is 2.00. The first-order valence-electron chi connectivity index (χ1n) is 3.22. The van der Waals surface area contributed by atoms with E-state index in [1.807, 2.05) is 6.92 Å². The van der Waals surface area contributed by atoms with Gasteiger partial charge in [0, 0.05) is 7.11 Å². The molecule has 5 heteroatoms. The van der Waals surface area contributed by atoms with E-state index in [-0.39, 0.29) is 0 Å². The zero-order valence-corrected chi connectivity index (χ0v) is 7.27. The highest BCUT2D eigenvalue weighted by atomic mass is 31.2. The van der Waals surface area contributed by atoms with E-state index in [1.165, 1.54) is 7.11 Å². The topological polar surface area (TPSA) is 61.5 Å². The molecule has 0 aliphatic carbocycles. The fourth-order valence-corrected chi connectivity index (χ4v) is 1.62. The second kappa shape index (κ2) is 4.85. The van der Waals surface area contributed by atoms with Crippen molar-refractivity contribution in [3.63, 3.8) is 0 Å². The van der Waals surface area contributed by atoms with Gasteiger partial charge in [-0.15, -0.1) is 0 Å². The second-order valence-electron chi connectivity index (χ2n) is 1.98. The zero-order valence-electron chi connectivity index (χ0n) is 6.37. The summed E-state index contributed by atoms with van der Waals surface area (Å²) in [4.78, 5) is 0. The first-order valence-corrected chi connectivity index (χ1v) is 4.94. The lowest BCUT2D eigenvalue weighted by molar-refractivity contribution is 0.239. The van der Waals surface area contributed by atoms with Crippen LogP contribution >= 0.6 is 7.60 Å². The highest BCUT2D eigenvalue weighted by Crippen LogP contribution is 2.45. The molecule has 4 nitrogen and oxygen atoms in total. The molecule has 0 radical (unpaired) electrons. The van der Waals surface area contributed by atoms with Crippen molar-refractivity contribution in [1.82, 2.24) is 0 Å². The van der Waals surface area contributed by atoms with Crippen LogP contribution in [0, 0.1) is 0 Å². The molecule has 1 atom stereocenters. The SMILES string of the molecule is CCCCP(=O)(OC)ON. The number of rotatable bonds is 5. The Hall–Kier alpha value is 0.110. The van der Waals surface area contributed by atoms with Crippen molar-refractivity contribution >= 4 is 7.60 Å². The summed E-state index contributed by atoms with van der Waals surface area (Å²) in [6, 6.07) is 0. The highest BCUT2D eigenvalue weighted by molar-refractivity contribution is 7.53. The third-order valence-electron chi connectivity index (χ3n) is 1.22. The van der Waals surface area contributed by atoms with Crippen molar-refractivity contribution in [2.24, 2.45) is 5.90 Å². The lowest BCUT2D eigenvalue weighted by Gasteiger charge is -2.10. The minimum Gasteiger partial charge on any atom is -0.311 e. The molecule has 0 saturated carbocycles. The van der Waals surface area contributed by atoms with Gasteiger partial charge in [-0.2, -0.15) is 0 Å². The van der Waals surface area contributed by atoms with Gasteiger partial charge < -0.3 is 4.52 Å². The van der Waals surface area contributed by atoms with Gasteiger partial charge in [-0.05, 0) is 6.42 Å². The maximum absolute atomic E-state index is 11.1. The van der Waals surface area contributed by atoms with Crippen LogP contribution in [0.5, 0.6) is 0 Å². The van der Waals surface area contributed by atoms with E-state index in [0.29, 0.717) is 6.16 Å². The number of unbranched alkanes of at least 4 members (excludes halogenated alkanes) is 1. The van der Waals surface area contributed by atoms with E-state index in [2.05, 4.69) is 9.15 Å². The van der Waals surface area contributed by atoms with Gasteiger partial charge in [-0.3, -0.25) is 4.57 Å². The molecule has 10 heavy (non-hydrogen) atoms. The number of hydrogen-bond acceptors (Lipinski definition) is 4. The van der Waals surface area contributed by atoms with Crippen molar-refractivity contribution < 1.29 is 13.7 Å². The molecule has 0 aromatic carbocycles. The van der Waals surface area contributed by atoms with Crippen molar-refractivity contribution in [3.05, 3.63) is 0 Å². The molecule has 0 heterocycles. The van der Waals surface area contributed by atoms with E-state index in [4.69, 9.17) is 5.90 Å². The highest BCUT2D eigenvalue weighted by Gasteiger charge is 2.19. The Morgan fingerprint density at radius 1 is 1.60 bits per heavy atom. The van der Waals surface area contributed by atoms with E-state index in [1.54, 1.807) is 0 Å². The van der Waals surface area contributed by atoms with Crippen LogP contribution in [-0.4, -0.2) is 13.3 Å². The standard InChI is InChI=1S/C5H14NO3P/c1-3-4-5-10(7,8-2)9-6/h3-6H2,1-2H3. The Morgan fingerprint density at radius 2 is 2.20 bits per heavy atom. The van der Waals surface area contributed by atoms with E-state index in [9.17, 15) is 4.57 Å². The van der Waals surface area contributed by atoms with Gasteiger partial charge >= 0.3 is 7.60 Å². The molecule has 0 spiro atoms. The fourth-order valence-electron chi connectivity index (χ4n) is 0.539. The molecular weight excluding hydrogens is 153 g/mol. The molecule has 0 aromatic rings. The van der Waals surface area contributed by atoms with Gasteiger partial charge in [0.05, 0.1) is 6.16 Å². The van der Waals surface area contributed by atoms with Gasteiger partial charge in [0.2, 0.25) is 0 Å². The van der Waals surface area contributed by atoms with Crippen LogP contribution < -0.4 is 5.90 Å². The van der Waals surface area contributed by atoms with Crippen LogP contribution in [0.3, 0.4) is 0 Å². The molecule has 0 aliphatic rings. The molecule has 0 saturated heterocycles. The first-order chi connectivity index (χ1) is 4.68. The quantitative estimate of drug-likeness (QED) is 0.498. The summed E-state index contributed by atoms with van der Waals surface area (Å²) in [5, 5.41) is 0. The predicted octanol–water partition coefficient (Wildman–Crippen LogP) is 1.52. The summed E-state index contributed by atoms with van der Waals surface area (Å²) in [6.45, 7) is 2.00. The maximum atomic E-state index is 11.1. The minimum atomic E-state index is -2.92. The van der Waals surface area contributed by atoms with E-state index in [0.717, 1.165) is 12.8 Å². The van der Waals surface area contributed by atoms with Gasteiger partial charge in [0.25, 0.3) is 0 Å². The van der Waals surface area contributed by atoms with Crippen molar-refractivity contribution in [2.75, 3.05) is 13.3 Å². The molecule has 0 amide bonds. The average molecular weight is 167 g/mol. The molecule has 0 fully saturated rings. The van der Waals surface area contributed by atoms with Gasteiger partial charge in [-0.1, -0.05) is 13.3 Å². The third-order valence-corrected chi connectivity index (χ3v) is 2.97. The van der Waals surface area contributed by atoms with Crippen molar-refractivity contribution in [3.8, 4) is 0 Å². The number of hydrogen-bond donors (Lipinski definition) is 1. The van der Waals surface area contributed by atoms with Gasteiger partial charge in [-0.25, -0.2) is 10.5 Å². The van der Waals surface area contributed by atoms with Crippen LogP contribution in [0.15, 0.2) is 0 Å². The Morgan fingerprint density at radius 3 is 2.50 bits per heavy atom. The summed E-state index contributed by atoms with van der Waals surface area (Å²) >= 11 is 0. The van der Waals surface area contributed by atoms with Crippen LogP contribution in [0.1, 0.15) is 19.8 Å². The smallest absolute Gasteiger partial charge is 0.311 e. The summed E-state index contributed by atoms with van der Waals surface area (Å²) in [6.07, 6.45) is 2.16. The molecule has 0 aromatic heterocycles. The zero-order chi connectivity index (χ0) is 8.04. The van der Waals surface area contributed by atoms with Gasteiger partial charge in [0.1, 0.15) is 0 Å². The molecule has 0 aliphatic heterocycles. The first kappa shape index (κ1) is 10.1. The van der Waals surface area contributed by atoms with Crippen LogP contribution in [-0.2, 0) is 13.7 Å². The van der Waals surface area contributed by atoms with E-state index >= 15 is 0 Å². The molecule has 0 rings (SSSR count). The largest absolute Gasteiger partial charge is 0.346 e. The Balaban J connectivity index is 3.70. The molecule has 62 valence electrons. The Labute approximate surface area is 61.2 Å². The van der Waals surface area contributed by atoms with Gasteiger partial charge in [0.15, 0.2) is 0 Å². The second-order valence-corrected chi connectivity index (χ2v) is 4.22. The third kappa shape index (κ3) is 3.32. The molecule has 2 N–H and O–H groups in total. The van der Waals surface area contributed by atoms with Crippen LogP contribution in [0.25, 0.3) is 0 Å². The number of nitrogens with two attached hydrogens (primary N) is 1. The monoisotopic (exact) mass is 167 g/mol. The molecule has 0 bridgehead atoms. The lowest BCUT2D eigenvalue weighted by atomic mass is 10.4. The molecular formula is C5H14NO3P. The predicted molar refractivity (Wildman–Crippen MR) is 39.7 cm³/mol. The summed E-state index contributed by atoms with van der Waals surface area (Å²) in [5.41, 5.74) is 0. The lowest BCUT2D eigenvalue weighted by Crippen LogP contribution is -2.02. The molecule has 1 unspecified atom stereocenters. The maximum Gasteiger partial charge on any atom is 0.346 e. The minimum absolute atomic E-state index is 0.399. The summed E-state index contributed by atoms with van der Waals surface area (Å²) in [5.74, 6) is 4.77. The fraction of sp³-hybridized carbons (Fsp3) is 1.00.